The van der Waals surface area contributed by atoms with Crippen LogP contribution >= 0.6 is 13.5 Å². The monoisotopic (exact) mass is 1390 g/mol. The van der Waals surface area contributed by atoms with Crippen LogP contribution in [0.25, 0.3) is 0 Å². The molecule has 0 spiro atoms. The number of aromatic hydroxyl groups is 10. The number of carbonyl (C=O) groups is 1. The van der Waals surface area contributed by atoms with E-state index in [0.717, 1.165) is 64.2 Å². The number of nitrogens with zero attached hydrogens (tertiary/aromatic N) is 2. The summed E-state index contributed by atoms with van der Waals surface area (Å²) in [6.07, 6.45) is 12.2. The summed E-state index contributed by atoms with van der Waals surface area (Å²) in [6, 6.07) is 68.4. The number of carbonyl (C=O) groups excluding carboxylic acids is 1. The first-order valence-corrected chi connectivity index (χ1v) is 34.1. The first kappa shape index (κ1) is 77.1. The van der Waals surface area contributed by atoms with E-state index in [1.54, 1.807) is 146 Å². The lowest BCUT2D eigenvalue weighted by atomic mass is 9.86. The second-order valence-corrected chi connectivity index (χ2v) is 25.4. The Hall–Kier alpha value is -10.6. The van der Waals surface area contributed by atoms with Crippen molar-refractivity contribution in [2.24, 2.45) is 21.5 Å². The van der Waals surface area contributed by atoms with E-state index in [2.05, 4.69) is 10.6 Å². The summed E-state index contributed by atoms with van der Waals surface area (Å²) in [5.74, 6) is 0.394. The normalized spacial score (nSPS) is 17.6. The lowest BCUT2D eigenvalue weighted by molar-refractivity contribution is 0.103. The third-order valence-electron chi connectivity index (χ3n) is 18.6. The van der Waals surface area contributed by atoms with Gasteiger partial charge in [-0.2, -0.15) is 13.5 Å². The smallest absolute Gasteiger partial charge is 0.200 e. The van der Waals surface area contributed by atoms with Crippen molar-refractivity contribution in [2.45, 2.75) is 133 Å². The summed E-state index contributed by atoms with van der Waals surface area (Å²) < 4.78 is 0. The molecule has 0 saturated heterocycles. The van der Waals surface area contributed by atoms with Crippen LogP contribution in [0.3, 0.4) is 0 Å². The van der Waals surface area contributed by atoms with Crippen molar-refractivity contribution in [3.05, 3.63) is 298 Å². The molecule has 532 valence electrons. The molecule has 10 aromatic carbocycles. The number of phenols is 10. The second kappa shape index (κ2) is 37.7. The fourth-order valence-electron chi connectivity index (χ4n) is 13.2. The Morgan fingerprint density at radius 2 is 0.510 bits per heavy atom. The molecule has 0 unspecified atom stereocenters. The van der Waals surface area contributed by atoms with Crippen LogP contribution in [0.1, 0.15) is 157 Å². The van der Waals surface area contributed by atoms with Crippen molar-refractivity contribution in [1.82, 2.24) is 10.6 Å². The molecule has 10 aromatic rings. The molecule has 3 fully saturated rings. The van der Waals surface area contributed by atoms with Crippen molar-refractivity contribution in [3.8, 4) is 57.5 Å². The number of hydrogen-bond donors (Lipinski definition) is 14. The van der Waals surface area contributed by atoms with Crippen LogP contribution in [0, 0.1) is 0 Å². The van der Waals surface area contributed by atoms with Gasteiger partial charge in [0.2, 0.25) is 0 Å². The molecule has 102 heavy (non-hydrogen) atoms. The molecule has 0 bridgehead atoms. The van der Waals surface area contributed by atoms with E-state index in [4.69, 9.17) is 21.5 Å². The molecule has 3 aliphatic rings. The van der Waals surface area contributed by atoms with Crippen molar-refractivity contribution in [2.75, 3.05) is 0 Å². The lowest BCUT2D eigenvalue weighted by Gasteiger charge is -2.38. The highest BCUT2D eigenvalue weighted by atomic mass is 32.1. The summed E-state index contributed by atoms with van der Waals surface area (Å²) in [5, 5.41) is 112. The summed E-state index contributed by atoms with van der Waals surface area (Å²) in [4.78, 5) is 22.2. The molecule has 18 heteroatoms. The summed E-state index contributed by atoms with van der Waals surface area (Å²) >= 11 is 0. The minimum absolute atomic E-state index is 0. The SMILES string of the molecule is C.N[C@@H]1CCCC[C@H]1N.O=C(c1ccccc1O)c1ccccc1O.Oc1ccccc1C(=N[C@@H]1CCCC[C@H]1N=C(c1ccccc1O)c1ccccc1O)c1ccccc1O.Oc1ccccc1C(N[C@@H]1CCCC[C@H]1NC(c1ccccc1O)c1ccccc1O)c1ccccc1O.S. The van der Waals surface area contributed by atoms with Crippen molar-refractivity contribution < 1.29 is 55.9 Å². The van der Waals surface area contributed by atoms with Crippen LogP contribution < -0.4 is 22.1 Å². The largest absolute Gasteiger partial charge is 0.508 e. The molecule has 3 saturated carbocycles. The van der Waals surface area contributed by atoms with Gasteiger partial charge in [0.15, 0.2) is 5.78 Å². The van der Waals surface area contributed by atoms with Crippen molar-refractivity contribution in [1.29, 1.82) is 0 Å². The number of nitrogens with two attached hydrogens (primary N) is 2. The zero-order valence-electron chi connectivity index (χ0n) is 56.1. The van der Waals surface area contributed by atoms with Crippen LogP contribution in [0.2, 0.25) is 0 Å². The Kier molecular flexibility index (Phi) is 28.5. The van der Waals surface area contributed by atoms with Gasteiger partial charge in [-0.3, -0.25) is 14.8 Å². The van der Waals surface area contributed by atoms with Crippen molar-refractivity contribution in [3.63, 3.8) is 0 Å². The van der Waals surface area contributed by atoms with Gasteiger partial charge in [-0.15, -0.1) is 0 Å². The molecule has 0 amide bonds. The maximum atomic E-state index is 12.0. The van der Waals surface area contributed by atoms with E-state index in [9.17, 15) is 55.9 Å². The van der Waals surface area contributed by atoms with E-state index in [1.165, 1.54) is 37.1 Å². The van der Waals surface area contributed by atoms with Gasteiger partial charge in [0.05, 0.1) is 46.7 Å². The van der Waals surface area contributed by atoms with E-state index in [1.807, 2.05) is 72.8 Å². The maximum absolute atomic E-state index is 12.0. The summed E-state index contributed by atoms with van der Waals surface area (Å²) in [7, 11) is 0. The number of ketones is 1. The van der Waals surface area contributed by atoms with Gasteiger partial charge in [-0.25, -0.2) is 0 Å². The first-order valence-electron chi connectivity index (χ1n) is 34.1. The topological polar surface area (TPSA) is 320 Å². The number of phenolic OH excluding ortho intramolecular Hbond substituents is 10. The van der Waals surface area contributed by atoms with E-state index in [0.29, 0.717) is 55.9 Å². The fourth-order valence-corrected chi connectivity index (χ4v) is 13.2. The maximum Gasteiger partial charge on any atom is 0.200 e. The Labute approximate surface area is 604 Å². The Morgan fingerprint density at radius 1 is 0.304 bits per heavy atom. The zero-order chi connectivity index (χ0) is 70.5. The molecule has 3 aliphatic carbocycles. The van der Waals surface area contributed by atoms with Gasteiger partial charge >= 0.3 is 0 Å². The first-order chi connectivity index (χ1) is 48.6. The second-order valence-electron chi connectivity index (χ2n) is 25.4. The van der Waals surface area contributed by atoms with Gasteiger partial charge in [-0.1, -0.05) is 192 Å². The molecule has 0 radical (unpaired) electrons. The Bertz CT molecular complexity index is 3960. The Morgan fingerprint density at radius 3 is 0.745 bits per heavy atom. The fraction of sp³-hybridized carbons (Fsp3) is 0.250. The highest BCUT2D eigenvalue weighted by molar-refractivity contribution is 7.59. The highest BCUT2D eigenvalue weighted by Gasteiger charge is 2.34. The van der Waals surface area contributed by atoms with Crippen LogP contribution in [0.5, 0.6) is 57.5 Å². The minimum atomic E-state index is -0.432. The third-order valence-corrected chi connectivity index (χ3v) is 18.6. The van der Waals surface area contributed by atoms with Crippen LogP contribution in [-0.4, -0.2) is 105 Å². The van der Waals surface area contributed by atoms with E-state index in [-0.39, 0.29) is 126 Å². The van der Waals surface area contributed by atoms with Gasteiger partial charge < -0.3 is 73.2 Å². The standard InChI is InChI=1S/C32H34N2O4.C32H30N2O4.C13H10O3.C6H14N2.CH4.H2S/c2*35-27-17-7-1-11-21(27)31(22-12-2-8-18-28(22)36)33-25-15-5-6-16-26(25)34-32(23-13-3-9-19-29(23)37)24-14-4-10-20-30(24)38;14-11-7-3-1-5-9(11)13(16)10-6-2-4-8-12(10)15;7-5-3-1-2-4-6(5)8;;/h1-4,7-14,17-20,25-26,31-38H,5-6,15-16H2;1-4,7-14,17-20,25-26,35-38H,5-6,15-16H2;1-8,14-15H;5-6H,1-4,7-8H2;1H4;1H2/t2*25-,26-;;5-,6-;;/m11.1../s1. The molecule has 6 atom stereocenters. The van der Waals surface area contributed by atoms with Crippen LogP contribution in [0.4, 0.5) is 0 Å². The number of rotatable bonds is 16. The predicted molar refractivity (Wildman–Crippen MR) is 409 cm³/mol. The zero-order valence-corrected chi connectivity index (χ0v) is 57.1. The van der Waals surface area contributed by atoms with E-state index < -0.39 is 17.9 Å². The number of hydrogen-bond acceptors (Lipinski definition) is 17. The number of benzene rings is 10. The third kappa shape index (κ3) is 19.7. The molecule has 0 heterocycles. The van der Waals surface area contributed by atoms with Gasteiger partial charge in [-0.05, 0) is 136 Å². The average molecular weight is 1400 g/mol. The lowest BCUT2D eigenvalue weighted by Crippen LogP contribution is -2.52. The predicted octanol–water partition coefficient (Wildman–Crippen LogP) is 15.4. The number of nitrogens with one attached hydrogen (secondary N) is 2. The molecule has 17 nitrogen and oxygen atoms in total. The molecule has 0 aliphatic heterocycles. The van der Waals surface area contributed by atoms with Gasteiger partial charge in [0, 0.05) is 68.7 Å². The van der Waals surface area contributed by atoms with Crippen LogP contribution in [0.15, 0.2) is 253 Å². The van der Waals surface area contributed by atoms with E-state index >= 15 is 0 Å². The quantitative estimate of drug-likeness (QED) is 0.0316. The van der Waals surface area contributed by atoms with Crippen LogP contribution in [-0.2, 0) is 0 Å². The molecular formula is C84H94N6O11S. The molecular weight excluding hydrogens is 1300 g/mol. The number of para-hydroxylation sites is 10. The highest BCUT2D eigenvalue weighted by Crippen LogP contribution is 2.40. The van der Waals surface area contributed by atoms with Crippen molar-refractivity contribution >= 4 is 30.7 Å². The van der Waals surface area contributed by atoms with Gasteiger partial charge in [0.1, 0.15) is 57.5 Å². The Balaban J connectivity index is 0.000000193. The van der Waals surface area contributed by atoms with Gasteiger partial charge in [0.25, 0.3) is 0 Å². The molecule has 16 N–H and O–H groups in total. The molecule has 0 aromatic heterocycles. The number of aliphatic imine (C=N–C) groups is 2. The summed E-state index contributed by atoms with van der Waals surface area (Å²) in [5.41, 5.74) is 17.6. The minimum Gasteiger partial charge on any atom is -0.508 e. The molecule has 13 rings (SSSR count). The average Bonchev–Trinajstić information content (AvgIpc) is 0.801. The summed E-state index contributed by atoms with van der Waals surface area (Å²) in [6.45, 7) is 0.